The number of benzene rings is 1. The Bertz CT molecular complexity index is 1440. The van der Waals surface area contributed by atoms with Crippen LogP contribution in [0.1, 0.15) is 39.8 Å². The Morgan fingerprint density at radius 3 is 2.65 bits per heavy atom. The highest BCUT2D eigenvalue weighted by atomic mass is 35.5. The van der Waals surface area contributed by atoms with Crippen LogP contribution in [0.4, 0.5) is 5.82 Å². The topological polar surface area (TPSA) is 180 Å². The van der Waals surface area contributed by atoms with Crippen molar-refractivity contribution in [2.45, 2.75) is 69.3 Å². The largest absolute Gasteiger partial charge is 0.462 e. The lowest BCUT2D eigenvalue weighted by molar-refractivity contribution is -0.150. The summed E-state index contributed by atoms with van der Waals surface area (Å²) in [5.74, 6) is -0.160. The van der Waals surface area contributed by atoms with Crippen molar-refractivity contribution in [2.24, 2.45) is 0 Å². The first-order valence-electron chi connectivity index (χ1n) is 12.7. The number of nitrogens with two attached hydrogens (primary N) is 1. The average molecular weight is 596 g/mol. The number of fused-ring (bicyclic) bond motifs is 1. The summed E-state index contributed by atoms with van der Waals surface area (Å²) in [6.07, 6.45) is -0.459. The molecule has 3 aromatic rings. The summed E-state index contributed by atoms with van der Waals surface area (Å²) in [4.78, 5) is 20.9. The number of rotatable bonds is 10. The zero-order valence-electron chi connectivity index (χ0n) is 22.1. The number of anilines is 1. The predicted molar refractivity (Wildman–Crippen MR) is 144 cm³/mol. The number of aliphatic hydroxyl groups is 2. The van der Waals surface area contributed by atoms with Gasteiger partial charge in [0.15, 0.2) is 6.23 Å². The monoisotopic (exact) mass is 595 g/mol. The molecule has 5 N–H and O–H groups in total. The number of carbonyl (C=O) groups is 1. The molecule has 13 nitrogen and oxygen atoms in total. The zero-order chi connectivity index (χ0) is 28.9. The maximum Gasteiger partial charge on any atom is 0.459 e. The Balaban J connectivity index is 1.37. The first-order chi connectivity index (χ1) is 18.8. The van der Waals surface area contributed by atoms with Gasteiger partial charge in [-0.15, -0.1) is 0 Å². The number of esters is 1. The summed E-state index contributed by atoms with van der Waals surface area (Å²) in [5, 5.41) is 25.9. The highest BCUT2D eigenvalue weighted by Crippen LogP contribution is 2.53. The van der Waals surface area contributed by atoms with Gasteiger partial charge in [-0.2, -0.15) is 5.09 Å². The van der Waals surface area contributed by atoms with Gasteiger partial charge in [0, 0.05) is 11.2 Å². The van der Waals surface area contributed by atoms with Crippen molar-refractivity contribution in [2.75, 3.05) is 12.3 Å². The molecule has 1 saturated carbocycles. The molecule has 1 aliphatic heterocycles. The number of ether oxygens (including phenoxy) is 2. The lowest BCUT2D eigenvalue weighted by Crippen LogP contribution is -2.45. The van der Waals surface area contributed by atoms with Crippen LogP contribution in [0.5, 0.6) is 5.75 Å². The van der Waals surface area contributed by atoms with Gasteiger partial charge in [0.05, 0.1) is 18.1 Å². The fourth-order valence-electron chi connectivity index (χ4n) is 4.52. The molecular formula is C25H31ClN5O8P. The normalized spacial score (nSPS) is 27.0. The molecular weight excluding hydrogens is 565 g/mol. The van der Waals surface area contributed by atoms with Crippen LogP contribution in [-0.4, -0.2) is 66.8 Å². The van der Waals surface area contributed by atoms with E-state index in [1.807, 2.05) is 0 Å². The minimum atomic E-state index is -4.27. The molecule has 40 heavy (non-hydrogen) atoms. The van der Waals surface area contributed by atoms with E-state index in [-0.39, 0.29) is 17.7 Å². The molecule has 2 fully saturated rings. The third-order valence-corrected chi connectivity index (χ3v) is 8.72. The maximum atomic E-state index is 14.0. The summed E-state index contributed by atoms with van der Waals surface area (Å²) in [7, 11) is -4.27. The van der Waals surface area contributed by atoms with Crippen molar-refractivity contribution in [1.82, 2.24) is 19.6 Å². The number of nitrogens with zero attached hydrogens (tertiary/aromatic N) is 3. The Labute approximate surface area is 235 Å². The lowest BCUT2D eigenvalue weighted by Gasteiger charge is -2.28. The zero-order valence-corrected chi connectivity index (χ0v) is 23.7. The summed E-state index contributed by atoms with van der Waals surface area (Å²) < 4.78 is 38.4. The molecule has 0 bridgehead atoms. The molecule has 1 aromatic carbocycles. The molecule has 0 spiro atoms. The van der Waals surface area contributed by atoms with E-state index in [1.165, 1.54) is 30.0 Å². The van der Waals surface area contributed by atoms with Crippen LogP contribution in [-0.2, 0) is 23.4 Å². The number of aliphatic hydroxyl groups excluding tert-OH is 1. The fraction of sp³-hybridized carbons (Fsp3) is 0.480. The van der Waals surface area contributed by atoms with Crippen molar-refractivity contribution in [3.05, 3.63) is 47.9 Å². The predicted octanol–water partition coefficient (Wildman–Crippen LogP) is 2.95. The standard InChI is InChI=1S/C25H31ClN5O8P/c1-14(2)37-23(33)25(9-10-25)30-40(35,39-16-6-4-15(26)5-7-16)36-12-18-19(32)24(3,34)22(38-18)31-11-8-17-20(27)28-13-29-21(17)31/h4-8,11,13-14,18-19,22,32,34H,9-10,12H2,1-3H3,(H,30,35)(H2,27,28,29)/t18?,19-,22?,24-,40?/m1/s1. The van der Waals surface area contributed by atoms with Gasteiger partial charge in [-0.25, -0.2) is 14.5 Å². The number of nitrogen functional groups attached to an aromatic ring is 1. The van der Waals surface area contributed by atoms with Crippen LogP contribution >= 0.6 is 19.3 Å². The molecule has 216 valence electrons. The Morgan fingerprint density at radius 1 is 1.30 bits per heavy atom. The second kappa shape index (κ2) is 10.6. The smallest absolute Gasteiger partial charge is 0.459 e. The van der Waals surface area contributed by atoms with E-state index < -0.39 is 49.9 Å². The molecule has 15 heteroatoms. The number of aromatic nitrogens is 3. The molecule has 1 saturated heterocycles. The second-order valence-corrected chi connectivity index (χ2v) is 12.5. The van der Waals surface area contributed by atoms with Gasteiger partial charge >= 0.3 is 13.7 Å². The van der Waals surface area contributed by atoms with Crippen molar-refractivity contribution >= 4 is 42.2 Å². The molecule has 2 aliphatic rings. The number of hydrogen-bond donors (Lipinski definition) is 4. The Morgan fingerprint density at radius 2 is 2.00 bits per heavy atom. The van der Waals surface area contributed by atoms with E-state index in [2.05, 4.69) is 15.1 Å². The van der Waals surface area contributed by atoms with E-state index in [0.717, 1.165) is 0 Å². The van der Waals surface area contributed by atoms with Crippen LogP contribution in [0.3, 0.4) is 0 Å². The van der Waals surface area contributed by atoms with Gasteiger partial charge in [-0.05, 0) is 63.9 Å². The quantitative estimate of drug-likeness (QED) is 0.199. The van der Waals surface area contributed by atoms with E-state index >= 15 is 0 Å². The van der Waals surface area contributed by atoms with Crippen molar-refractivity contribution < 1.29 is 38.1 Å². The van der Waals surface area contributed by atoms with E-state index in [9.17, 15) is 19.6 Å². The van der Waals surface area contributed by atoms with Gasteiger partial charge in [0.2, 0.25) is 0 Å². The Kier molecular flexibility index (Phi) is 7.60. The summed E-state index contributed by atoms with van der Waals surface area (Å²) in [6, 6.07) is 7.76. The number of nitrogens with one attached hydrogen (secondary N) is 1. The first-order valence-corrected chi connectivity index (χ1v) is 14.6. The summed E-state index contributed by atoms with van der Waals surface area (Å²) in [5.41, 5.74) is 3.27. The molecule has 3 unspecified atom stereocenters. The minimum absolute atomic E-state index is 0.169. The van der Waals surface area contributed by atoms with Crippen molar-refractivity contribution in [3.8, 4) is 5.75 Å². The van der Waals surface area contributed by atoms with Crippen LogP contribution in [0.25, 0.3) is 11.0 Å². The van der Waals surface area contributed by atoms with Crippen LogP contribution in [0.15, 0.2) is 42.9 Å². The maximum absolute atomic E-state index is 14.0. The number of halogens is 1. The molecule has 5 atom stereocenters. The average Bonchev–Trinajstić information content (AvgIpc) is 3.47. The lowest BCUT2D eigenvalue weighted by atomic mass is 9.96. The molecule has 5 rings (SSSR count). The van der Waals surface area contributed by atoms with Crippen molar-refractivity contribution in [1.29, 1.82) is 0 Å². The second-order valence-electron chi connectivity index (χ2n) is 10.4. The third-order valence-electron chi connectivity index (χ3n) is 6.83. The van der Waals surface area contributed by atoms with Gasteiger partial charge in [-0.3, -0.25) is 9.32 Å². The fourth-order valence-corrected chi connectivity index (χ4v) is 6.39. The SMILES string of the molecule is CC(C)OC(=O)C1(NP(=O)(OCC2OC(n3ccc4c(N)ncnc43)[C@](C)(O)[C@@H]2O)Oc2ccc(Cl)cc2)CC1. The van der Waals surface area contributed by atoms with Gasteiger partial charge in [0.25, 0.3) is 0 Å². The summed E-state index contributed by atoms with van der Waals surface area (Å²) >= 11 is 5.96. The number of hydrogen-bond acceptors (Lipinski definition) is 11. The minimum Gasteiger partial charge on any atom is -0.462 e. The molecule has 1 aliphatic carbocycles. The van der Waals surface area contributed by atoms with Gasteiger partial charge < -0.3 is 34.5 Å². The Hall–Kier alpha value is -2.77. The highest BCUT2D eigenvalue weighted by Gasteiger charge is 2.58. The van der Waals surface area contributed by atoms with Gasteiger partial charge in [0.1, 0.15) is 46.9 Å². The van der Waals surface area contributed by atoms with Crippen molar-refractivity contribution in [3.63, 3.8) is 0 Å². The third kappa shape index (κ3) is 5.55. The van der Waals surface area contributed by atoms with Crippen LogP contribution < -0.4 is 15.3 Å². The summed E-state index contributed by atoms with van der Waals surface area (Å²) in [6.45, 7) is 4.37. The van der Waals surface area contributed by atoms with E-state index in [0.29, 0.717) is 28.9 Å². The molecule has 2 aromatic heterocycles. The van der Waals surface area contributed by atoms with Crippen LogP contribution in [0, 0.1) is 0 Å². The highest BCUT2D eigenvalue weighted by molar-refractivity contribution is 7.52. The molecule has 0 amide bonds. The number of carbonyl (C=O) groups excluding carboxylic acids is 1. The first kappa shape index (κ1) is 28.7. The van der Waals surface area contributed by atoms with E-state index in [4.69, 9.17) is 35.9 Å². The van der Waals surface area contributed by atoms with Gasteiger partial charge in [-0.1, -0.05) is 11.6 Å². The van der Waals surface area contributed by atoms with E-state index in [1.54, 1.807) is 38.2 Å². The molecule has 3 heterocycles. The van der Waals surface area contributed by atoms with Crippen LogP contribution in [0.2, 0.25) is 5.02 Å². The molecule has 0 radical (unpaired) electrons.